The van der Waals surface area contributed by atoms with E-state index in [1.54, 1.807) is 0 Å². The van der Waals surface area contributed by atoms with Crippen molar-refractivity contribution in [2.24, 2.45) is 0 Å². The van der Waals surface area contributed by atoms with E-state index >= 15 is 0 Å². The fourth-order valence-corrected chi connectivity index (χ4v) is 2.94. The van der Waals surface area contributed by atoms with Gasteiger partial charge in [0.1, 0.15) is 5.69 Å². The molecule has 0 unspecified atom stereocenters. The monoisotopic (exact) mass is 362 g/mol. The molecule has 0 radical (unpaired) electrons. The quantitative estimate of drug-likeness (QED) is 0.407. The number of hydrogen-bond donors (Lipinski definition) is 2. The molecule has 0 aliphatic carbocycles. The number of carbonyl (C=O) groups excluding carboxylic acids is 1. The Morgan fingerprint density at radius 3 is 2.88 bits per heavy atom. The number of aromatic nitrogens is 2. The predicted octanol–water partition coefficient (Wildman–Crippen LogP) is 3.86. The number of rotatable bonds is 5. The highest BCUT2D eigenvalue weighted by atomic mass is 35.5. The van der Waals surface area contributed by atoms with E-state index in [1.807, 2.05) is 24.3 Å². The minimum atomic E-state index is -0.571. The fraction of sp³-hybridized carbons (Fsp3) is 0.0667. The Labute approximate surface area is 145 Å². The summed E-state index contributed by atoms with van der Waals surface area (Å²) in [5.41, 5.74) is 1.56. The van der Waals surface area contributed by atoms with E-state index in [4.69, 9.17) is 11.6 Å². The van der Waals surface area contributed by atoms with Crippen molar-refractivity contribution in [1.82, 2.24) is 9.97 Å². The lowest BCUT2D eigenvalue weighted by Gasteiger charge is -2.05. The van der Waals surface area contributed by atoms with E-state index in [2.05, 4.69) is 15.3 Å². The number of nitro benzene ring substituents is 1. The second-order valence-corrected chi connectivity index (χ2v) is 6.22. The van der Waals surface area contributed by atoms with Crippen LogP contribution in [0.4, 0.5) is 11.4 Å². The summed E-state index contributed by atoms with van der Waals surface area (Å²) in [6, 6.07) is 11.5. The molecule has 1 heterocycles. The molecule has 2 aromatic carbocycles. The summed E-state index contributed by atoms with van der Waals surface area (Å²) < 4.78 is 0. The summed E-state index contributed by atoms with van der Waals surface area (Å²) in [5.74, 6) is -0.324. The molecule has 24 heavy (non-hydrogen) atoms. The number of hydrogen-bond acceptors (Lipinski definition) is 5. The minimum Gasteiger partial charge on any atom is -0.333 e. The molecule has 1 aromatic heterocycles. The number of aromatic amines is 1. The van der Waals surface area contributed by atoms with Crippen LogP contribution in [0.25, 0.3) is 11.0 Å². The number of benzene rings is 2. The molecule has 0 spiro atoms. The Hall–Kier alpha value is -2.58. The fourth-order valence-electron chi connectivity index (χ4n) is 2.09. The Balaban J connectivity index is 1.67. The highest BCUT2D eigenvalue weighted by Gasteiger charge is 2.16. The van der Waals surface area contributed by atoms with Crippen molar-refractivity contribution < 1.29 is 9.72 Å². The van der Waals surface area contributed by atoms with E-state index in [9.17, 15) is 14.9 Å². The third-order valence-corrected chi connectivity index (χ3v) is 4.25. The number of amides is 1. The molecule has 1 amide bonds. The Morgan fingerprint density at radius 1 is 1.33 bits per heavy atom. The number of thioether (sulfide) groups is 1. The number of H-pyrrole nitrogens is 1. The normalized spacial score (nSPS) is 10.7. The highest BCUT2D eigenvalue weighted by Crippen LogP contribution is 2.28. The summed E-state index contributed by atoms with van der Waals surface area (Å²) in [7, 11) is 0. The molecular formula is C15H11ClN4O3S. The number of anilines is 1. The van der Waals surface area contributed by atoms with Gasteiger partial charge in [0.05, 0.1) is 21.7 Å². The zero-order valence-electron chi connectivity index (χ0n) is 12.2. The molecule has 0 bridgehead atoms. The van der Waals surface area contributed by atoms with Crippen LogP contribution in [-0.2, 0) is 4.79 Å². The van der Waals surface area contributed by atoms with E-state index in [-0.39, 0.29) is 23.0 Å². The summed E-state index contributed by atoms with van der Waals surface area (Å²) in [6.07, 6.45) is 0. The van der Waals surface area contributed by atoms with Crippen LogP contribution in [0.2, 0.25) is 5.02 Å². The largest absolute Gasteiger partial charge is 0.333 e. The second-order valence-electron chi connectivity index (χ2n) is 4.81. The van der Waals surface area contributed by atoms with Gasteiger partial charge in [-0.15, -0.1) is 0 Å². The van der Waals surface area contributed by atoms with Crippen molar-refractivity contribution in [3.8, 4) is 0 Å². The summed E-state index contributed by atoms with van der Waals surface area (Å²) in [4.78, 5) is 29.9. The van der Waals surface area contributed by atoms with Crippen LogP contribution in [0.3, 0.4) is 0 Å². The molecule has 122 valence electrons. The molecule has 9 heteroatoms. The maximum atomic E-state index is 12.0. The van der Waals surface area contributed by atoms with Crippen LogP contribution in [-0.4, -0.2) is 26.6 Å². The number of imidazole rings is 1. The van der Waals surface area contributed by atoms with Gasteiger partial charge in [0.2, 0.25) is 5.91 Å². The van der Waals surface area contributed by atoms with Gasteiger partial charge in [-0.2, -0.15) is 0 Å². The van der Waals surface area contributed by atoms with E-state index in [1.165, 1.54) is 30.0 Å². The van der Waals surface area contributed by atoms with Crippen molar-refractivity contribution in [3.05, 3.63) is 57.6 Å². The lowest BCUT2D eigenvalue weighted by molar-refractivity contribution is -0.383. The average molecular weight is 363 g/mol. The molecule has 0 fully saturated rings. The average Bonchev–Trinajstić information content (AvgIpc) is 2.95. The van der Waals surface area contributed by atoms with Gasteiger partial charge < -0.3 is 10.3 Å². The van der Waals surface area contributed by atoms with Crippen LogP contribution >= 0.6 is 23.4 Å². The van der Waals surface area contributed by atoms with Crippen LogP contribution in [0, 0.1) is 10.1 Å². The van der Waals surface area contributed by atoms with Crippen LogP contribution < -0.4 is 5.32 Å². The van der Waals surface area contributed by atoms with E-state index in [0.29, 0.717) is 10.2 Å². The van der Waals surface area contributed by atoms with Gasteiger partial charge in [-0.25, -0.2) is 4.98 Å². The van der Waals surface area contributed by atoms with Crippen molar-refractivity contribution in [3.63, 3.8) is 0 Å². The molecule has 3 aromatic rings. The molecule has 0 atom stereocenters. The number of fused-ring (bicyclic) bond motifs is 1. The molecule has 3 rings (SSSR count). The van der Waals surface area contributed by atoms with E-state index < -0.39 is 4.92 Å². The van der Waals surface area contributed by atoms with Crippen molar-refractivity contribution in [2.45, 2.75) is 5.16 Å². The van der Waals surface area contributed by atoms with Gasteiger partial charge in [0.25, 0.3) is 5.69 Å². The molecule has 0 aliphatic heterocycles. The maximum Gasteiger partial charge on any atom is 0.292 e. The number of para-hydroxylation sites is 2. The first kappa shape index (κ1) is 16.3. The number of nitrogens with one attached hydrogen (secondary N) is 2. The van der Waals surface area contributed by atoms with Gasteiger partial charge in [-0.3, -0.25) is 14.9 Å². The summed E-state index contributed by atoms with van der Waals surface area (Å²) in [5, 5.41) is 14.4. The highest BCUT2D eigenvalue weighted by molar-refractivity contribution is 7.99. The third kappa shape index (κ3) is 3.66. The number of carbonyl (C=O) groups is 1. The number of nitro groups is 1. The first-order valence-electron chi connectivity index (χ1n) is 6.84. The number of nitrogens with zero attached hydrogens (tertiary/aromatic N) is 2. The summed E-state index contributed by atoms with van der Waals surface area (Å²) >= 11 is 7.04. The van der Waals surface area contributed by atoms with Gasteiger partial charge in [0, 0.05) is 11.1 Å². The van der Waals surface area contributed by atoms with Crippen LogP contribution in [0.5, 0.6) is 0 Å². The Kier molecular flexibility index (Phi) is 4.68. The SMILES string of the molecule is O=C(CSc1nc2ccccc2[nH]1)Nc1cc(Cl)ccc1[N+](=O)[O-]. The second kappa shape index (κ2) is 6.90. The van der Waals surface area contributed by atoms with Crippen molar-refractivity contribution in [1.29, 1.82) is 0 Å². The van der Waals surface area contributed by atoms with Crippen LogP contribution in [0.1, 0.15) is 0 Å². The van der Waals surface area contributed by atoms with Crippen molar-refractivity contribution >= 4 is 51.7 Å². The predicted molar refractivity (Wildman–Crippen MR) is 93.6 cm³/mol. The molecule has 0 aliphatic rings. The molecule has 7 nitrogen and oxygen atoms in total. The molecular weight excluding hydrogens is 352 g/mol. The Morgan fingerprint density at radius 2 is 2.12 bits per heavy atom. The first-order chi connectivity index (χ1) is 11.5. The topological polar surface area (TPSA) is 101 Å². The smallest absolute Gasteiger partial charge is 0.292 e. The molecule has 0 saturated carbocycles. The standard InChI is InChI=1S/C15H11ClN4O3S/c16-9-5-6-13(20(22)23)12(7-9)17-14(21)8-24-15-18-10-3-1-2-4-11(10)19-15/h1-7H,8H2,(H,17,21)(H,18,19). The zero-order valence-corrected chi connectivity index (χ0v) is 13.7. The summed E-state index contributed by atoms with van der Waals surface area (Å²) in [6.45, 7) is 0. The number of halogens is 1. The van der Waals surface area contributed by atoms with Gasteiger partial charge in [-0.05, 0) is 24.3 Å². The molecule has 2 N–H and O–H groups in total. The minimum absolute atomic E-state index is 0.0590. The lowest BCUT2D eigenvalue weighted by atomic mass is 10.2. The van der Waals surface area contributed by atoms with Gasteiger partial charge in [0.15, 0.2) is 5.16 Å². The zero-order chi connectivity index (χ0) is 17.1. The lowest BCUT2D eigenvalue weighted by Crippen LogP contribution is -2.15. The van der Waals surface area contributed by atoms with Crippen molar-refractivity contribution in [2.75, 3.05) is 11.1 Å². The van der Waals surface area contributed by atoms with E-state index in [0.717, 1.165) is 11.0 Å². The molecule has 0 saturated heterocycles. The van der Waals surface area contributed by atoms with Gasteiger partial charge >= 0.3 is 0 Å². The van der Waals surface area contributed by atoms with Crippen LogP contribution in [0.15, 0.2) is 47.6 Å². The maximum absolute atomic E-state index is 12.0. The Bertz CT molecular complexity index is 895. The first-order valence-corrected chi connectivity index (χ1v) is 8.20. The van der Waals surface area contributed by atoms with Gasteiger partial charge in [-0.1, -0.05) is 35.5 Å². The third-order valence-electron chi connectivity index (χ3n) is 3.14.